The third-order valence-electron chi connectivity index (χ3n) is 3.84. The van der Waals surface area contributed by atoms with E-state index in [1.54, 1.807) is 0 Å². The van der Waals surface area contributed by atoms with Gasteiger partial charge in [0.1, 0.15) is 0 Å². The van der Waals surface area contributed by atoms with Gasteiger partial charge in [0.25, 0.3) is 0 Å². The summed E-state index contributed by atoms with van der Waals surface area (Å²) < 4.78 is 0. The van der Waals surface area contributed by atoms with Crippen LogP contribution in [0.25, 0.3) is 0 Å². The van der Waals surface area contributed by atoms with Gasteiger partial charge < -0.3 is 5.32 Å². The lowest BCUT2D eigenvalue weighted by Crippen LogP contribution is -2.28. The molecule has 1 aliphatic rings. The van der Waals surface area contributed by atoms with E-state index in [0.717, 1.165) is 24.9 Å². The van der Waals surface area contributed by atoms with Gasteiger partial charge in [-0.05, 0) is 36.8 Å². The number of rotatable bonds is 4. The van der Waals surface area contributed by atoms with E-state index >= 15 is 0 Å². The van der Waals surface area contributed by atoms with Gasteiger partial charge in [-0.15, -0.1) is 0 Å². The van der Waals surface area contributed by atoms with E-state index in [2.05, 4.69) is 25.2 Å². The molecule has 1 saturated carbocycles. The van der Waals surface area contributed by atoms with Crippen LogP contribution in [-0.4, -0.2) is 5.91 Å². The van der Waals surface area contributed by atoms with Crippen molar-refractivity contribution < 1.29 is 4.79 Å². The summed E-state index contributed by atoms with van der Waals surface area (Å²) in [6.45, 7) is 4.38. The highest BCUT2D eigenvalue weighted by molar-refractivity contribution is 5.93. The lowest BCUT2D eigenvalue weighted by atomic mass is 9.84. The van der Waals surface area contributed by atoms with Crippen molar-refractivity contribution in [2.45, 2.75) is 45.4 Å². The molecule has 2 rings (SSSR count). The van der Waals surface area contributed by atoms with Crippen LogP contribution in [0, 0.1) is 5.92 Å². The van der Waals surface area contributed by atoms with Crippen LogP contribution in [-0.2, 0) is 4.79 Å². The molecule has 1 aliphatic carbocycles. The van der Waals surface area contributed by atoms with Crippen LogP contribution < -0.4 is 5.32 Å². The molecule has 1 fully saturated rings. The second-order valence-corrected chi connectivity index (χ2v) is 5.01. The zero-order chi connectivity index (χ0) is 12.3. The molecule has 0 spiro atoms. The van der Waals surface area contributed by atoms with Crippen molar-refractivity contribution in [3.05, 3.63) is 29.8 Å². The van der Waals surface area contributed by atoms with Crippen molar-refractivity contribution >= 4 is 11.6 Å². The predicted molar refractivity (Wildman–Crippen MR) is 71.1 cm³/mol. The smallest absolute Gasteiger partial charge is 0.227 e. The van der Waals surface area contributed by atoms with Gasteiger partial charge in [0.05, 0.1) is 0 Å². The SMILES string of the molecule is CCC(C)c1ccccc1NC(=O)C1CCC1. The molecular weight excluding hydrogens is 210 g/mol. The standard InChI is InChI=1S/C15H21NO/c1-3-11(2)13-9-4-5-10-14(13)16-15(17)12-7-6-8-12/h4-5,9-12H,3,6-8H2,1-2H3,(H,16,17). The van der Waals surface area contributed by atoms with Gasteiger partial charge in [-0.25, -0.2) is 0 Å². The molecule has 0 saturated heterocycles. The number of nitrogens with one attached hydrogen (secondary N) is 1. The molecule has 1 atom stereocenters. The van der Waals surface area contributed by atoms with Crippen molar-refractivity contribution in [2.24, 2.45) is 5.92 Å². The van der Waals surface area contributed by atoms with Crippen LogP contribution in [0.15, 0.2) is 24.3 Å². The Balaban J connectivity index is 2.11. The normalized spacial score (nSPS) is 17.3. The fourth-order valence-corrected chi connectivity index (χ4v) is 2.17. The van der Waals surface area contributed by atoms with Crippen LogP contribution in [0.4, 0.5) is 5.69 Å². The van der Waals surface area contributed by atoms with E-state index in [-0.39, 0.29) is 11.8 Å². The molecule has 0 heterocycles. The molecule has 0 bridgehead atoms. The number of anilines is 1. The van der Waals surface area contributed by atoms with Crippen molar-refractivity contribution in [2.75, 3.05) is 5.32 Å². The van der Waals surface area contributed by atoms with Gasteiger partial charge in [-0.3, -0.25) is 4.79 Å². The van der Waals surface area contributed by atoms with Crippen molar-refractivity contribution in [1.29, 1.82) is 0 Å². The minimum absolute atomic E-state index is 0.201. The highest BCUT2D eigenvalue weighted by Gasteiger charge is 2.25. The van der Waals surface area contributed by atoms with Gasteiger partial charge in [0.2, 0.25) is 5.91 Å². The highest BCUT2D eigenvalue weighted by Crippen LogP contribution is 2.30. The molecule has 0 radical (unpaired) electrons. The van der Waals surface area contributed by atoms with Gasteiger partial charge in [-0.2, -0.15) is 0 Å². The molecule has 1 aromatic carbocycles. The van der Waals surface area contributed by atoms with Gasteiger partial charge in [0, 0.05) is 11.6 Å². The second kappa shape index (κ2) is 5.35. The zero-order valence-electron chi connectivity index (χ0n) is 10.7. The fraction of sp³-hybridized carbons (Fsp3) is 0.533. The maximum absolute atomic E-state index is 11.9. The molecule has 1 unspecified atom stereocenters. The number of carbonyl (C=O) groups is 1. The summed E-state index contributed by atoms with van der Waals surface area (Å²) in [5, 5.41) is 3.09. The van der Waals surface area contributed by atoms with Crippen LogP contribution >= 0.6 is 0 Å². The molecule has 0 aliphatic heterocycles. The topological polar surface area (TPSA) is 29.1 Å². The average molecular weight is 231 g/mol. The first-order chi connectivity index (χ1) is 8.22. The minimum atomic E-state index is 0.201. The molecule has 2 nitrogen and oxygen atoms in total. The number of benzene rings is 1. The molecule has 92 valence electrons. The lowest BCUT2D eigenvalue weighted by Gasteiger charge is -2.25. The first-order valence-electron chi connectivity index (χ1n) is 6.62. The summed E-state index contributed by atoms with van der Waals surface area (Å²) in [6.07, 6.45) is 4.40. The Labute approximate surface area is 103 Å². The molecular formula is C15H21NO. The number of hydrogen-bond donors (Lipinski definition) is 1. The van der Waals surface area contributed by atoms with E-state index in [0.29, 0.717) is 5.92 Å². The van der Waals surface area contributed by atoms with E-state index in [4.69, 9.17) is 0 Å². The zero-order valence-corrected chi connectivity index (χ0v) is 10.7. The molecule has 1 N–H and O–H groups in total. The summed E-state index contributed by atoms with van der Waals surface area (Å²) in [4.78, 5) is 11.9. The average Bonchev–Trinajstić information content (AvgIpc) is 2.26. The van der Waals surface area contributed by atoms with Crippen LogP contribution in [0.3, 0.4) is 0 Å². The monoisotopic (exact) mass is 231 g/mol. The third kappa shape index (κ3) is 2.68. The summed E-state index contributed by atoms with van der Waals surface area (Å²) in [5.74, 6) is 0.944. The predicted octanol–water partition coefficient (Wildman–Crippen LogP) is 3.94. The minimum Gasteiger partial charge on any atom is -0.326 e. The Bertz CT molecular complexity index is 396. The van der Waals surface area contributed by atoms with Crippen molar-refractivity contribution in [1.82, 2.24) is 0 Å². The maximum Gasteiger partial charge on any atom is 0.227 e. The summed E-state index contributed by atoms with van der Waals surface area (Å²) in [7, 11) is 0. The van der Waals surface area contributed by atoms with Gasteiger partial charge >= 0.3 is 0 Å². The van der Waals surface area contributed by atoms with Gasteiger partial charge in [-0.1, -0.05) is 38.5 Å². The van der Waals surface area contributed by atoms with Crippen LogP contribution in [0.1, 0.15) is 51.0 Å². The van der Waals surface area contributed by atoms with E-state index in [9.17, 15) is 4.79 Å². The van der Waals surface area contributed by atoms with E-state index < -0.39 is 0 Å². The van der Waals surface area contributed by atoms with E-state index in [1.165, 1.54) is 12.0 Å². The highest BCUT2D eigenvalue weighted by atomic mass is 16.1. The lowest BCUT2D eigenvalue weighted by molar-refractivity contribution is -0.122. The Hall–Kier alpha value is -1.31. The van der Waals surface area contributed by atoms with Crippen molar-refractivity contribution in [3.8, 4) is 0 Å². The number of amides is 1. The number of para-hydroxylation sites is 1. The quantitative estimate of drug-likeness (QED) is 0.835. The fourth-order valence-electron chi connectivity index (χ4n) is 2.17. The number of hydrogen-bond acceptors (Lipinski definition) is 1. The Morgan fingerprint density at radius 3 is 2.71 bits per heavy atom. The van der Waals surface area contributed by atoms with Crippen LogP contribution in [0.5, 0.6) is 0 Å². The number of carbonyl (C=O) groups excluding carboxylic acids is 1. The Kier molecular flexibility index (Phi) is 3.82. The van der Waals surface area contributed by atoms with E-state index in [1.807, 2.05) is 18.2 Å². The third-order valence-corrected chi connectivity index (χ3v) is 3.84. The Morgan fingerprint density at radius 1 is 1.41 bits per heavy atom. The largest absolute Gasteiger partial charge is 0.326 e. The molecule has 2 heteroatoms. The molecule has 17 heavy (non-hydrogen) atoms. The molecule has 1 amide bonds. The Morgan fingerprint density at radius 2 is 2.12 bits per heavy atom. The first kappa shape index (κ1) is 12.2. The maximum atomic E-state index is 11.9. The summed E-state index contributed by atoms with van der Waals surface area (Å²) in [6, 6.07) is 8.16. The van der Waals surface area contributed by atoms with Gasteiger partial charge in [0.15, 0.2) is 0 Å². The first-order valence-corrected chi connectivity index (χ1v) is 6.62. The van der Waals surface area contributed by atoms with Crippen molar-refractivity contribution in [3.63, 3.8) is 0 Å². The molecule has 1 aromatic rings. The molecule has 0 aromatic heterocycles. The summed E-state index contributed by atoms with van der Waals surface area (Å²) in [5.41, 5.74) is 2.25. The second-order valence-electron chi connectivity index (χ2n) is 5.01. The summed E-state index contributed by atoms with van der Waals surface area (Å²) >= 11 is 0. The van der Waals surface area contributed by atoms with Crippen LogP contribution in [0.2, 0.25) is 0 Å².